The number of esters is 1. The highest BCUT2D eigenvalue weighted by Gasteiger charge is 2.21. The van der Waals surface area contributed by atoms with E-state index in [0.717, 1.165) is 10.0 Å². The molecule has 0 spiro atoms. The molecule has 1 amide bonds. The summed E-state index contributed by atoms with van der Waals surface area (Å²) in [7, 11) is 0.00344. The van der Waals surface area contributed by atoms with Crippen molar-refractivity contribution in [3.63, 3.8) is 0 Å². The summed E-state index contributed by atoms with van der Waals surface area (Å²) in [6.07, 6.45) is 0.553. The molecule has 28 heavy (non-hydrogen) atoms. The highest BCUT2D eigenvalue weighted by molar-refractivity contribution is 7.89. The van der Waals surface area contributed by atoms with Crippen LogP contribution in [0.4, 0.5) is 0 Å². The maximum absolute atomic E-state index is 12.3. The van der Waals surface area contributed by atoms with E-state index in [9.17, 15) is 18.0 Å². The van der Waals surface area contributed by atoms with Crippen LogP contribution >= 0.6 is 0 Å². The number of hydrogen-bond donors (Lipinski definition) is 1. The van der Waals surface area contributed by atoms with Gasteiger partial charge in [0.05, 0.1) is 24.7 Å². The SMILES string of the molecule is COC(=O)c1ccc(CCNC(=O)c2cccc(S(=O)(=O)N(C)OC)c2)cc1. The lowest BCUT2D eigenvalue weighted by molar-refractivity contribution is -0.0258. The number of benzene rings is 2. The molecule has 0 heterocycles. The molecule has 8 nitrogen and oxygen atoms in total. The third-order valence-corrected chi connectivity index (χ3v) is 5.74. The van der Waals surface area contributed by atoms with Crippen LogP contribution in [0.25, 0.3) is 0 Å². The molecule has 0 aliphatic rings. The smallest absolute Gasteiger partial charge is 0.337 e. The number of carbonyl (C=O) groups excluding carboxylic acids is 2. The normalized spacial score (nSPS) is 11.3. The third-order valence-electron chi connectivity index (χ3n) is 4.06. The summed E-state index contributed by atoms with van der Waals surface area (Å²) < 4.78 is 29.9. The number of hydroxylamine groups is 1. The molecule has 1 N–H and O–H groups in total. The second-order valence-corrected chi connectivity index (χ2v) is 7.76. The lowest BCUT2D eigenvalue weighted by atomic mass is 10.1. The number of nitrogens with one attached hydrogen (secondary N) is 1. The molecule has 0 aromatic heterocycles. The number of rotatable bonds is 8. The quantitative estimate of drug-likeness (QED) is 0.528. The van der Waals surface area contributed by atoms with E-state index in [0.29, 0.717) is 18.5 Å². The highest BCUT2D eigenvalue weighted by Crippen LogP contribution is 2.16. The molecule has 0 bridgehead atoms. The van der Waals surface area contributed by atoms with Gasteiger partial charge in [-0.2, -0.15) is 0 Å². The molecule has 0 atom stereocenters. The van der Waals surface area contributed by atoms with Crippen molar-refractivity contribution in [2.75, 3.05) is 27.8 Å². The zero-order valence-corrected chi connectivity index (χ0v) is 16.7. The summed E-state index contributed by atoms with van der Waals surface area (Å²) in [6, 6.07) is 12.6. The van der Waals surface area contributed by atoms with Gasteiger partial charge in [0.1, 0.15) is 0 Å². The van der Waals surface area contributed by atoms with Crippen molar-refractivity contribution in [1.82, 2.24) is 9.79 Å². The largest absolute Gasteiger partial charge is 0.465 e. The second kappa shape index (κ2) is 9.45. The first-order valence-corrected chi connectivity index (χ1v) is 9.82. The fourth-order valence-corrected chi connectivity index (χ4v) is 3.41. The minimum atomic E-state index is -3.83. The van der Waals surface area contributed by atoms with E-state index in [1.165, 1.54) is 45.5 Å². The van der Waals surface area contributed by atoms with E-state index in [-0.39, 0.29) is 16.4 Å². The average molecular weight is 406 g/mol. The zero-order valence-electron chi connectivity index (χ0n) is 15.8. The fraction of sp³-hybridized carbons (Fsp3) is 0.263. The third kappa shape index (κ3) is 5.16. The summed E-state index contributed by atoms with van der Waals surface area (Å²) in [5.41, 5.74) is 1.62. The Morgan fingerprint density at radius 1 is 1.04 bits per heavy atom. The van der Waals surface area contributed by atoms with Gasteiger partial charge in [0.15, 0.2) is 0 Å². The molecule has 2 aromatic carbocycles. The van der Waals surface area contributed by atoms with Gasteiger partial charge in [-0.05, 0) is 42.3 Å². The van der Waals surface area contributed by atoms with Gasteiger partial charge >= 0.3 is 5.97 Å². The predicted octanol–water partition coefficient (Wildman–Crippen LogP) is 1.63. The Kier molecular flexibility index (Phi) is 7.27. The molecule has 0 saturated heterocycles. The van der Waals surface area contributed by atoms with Crippen LogP contribution in [0.1, 0.15) is 26.3 Å². The standard InChI is InChI=1S/C19H22N2O6S/c1-21(27-3)28(24,25)17-6-4-5-16(13-17)18(22)20-12-11-14-7-9-15(10-8-14)19(23)26-2/h4-10,13H,11-12H2,1-3H3,(H,20,22). The van der Waals surface area contributed by atoms with Gasteiger partial charge in [-0.15, -0.1) is 0 Å². The number of ether oxygens (including phenoxy) is 1. The molecule has 2 rings (SSSR count). The Balaban J connectivity index is 1.98. The van der Waals surface area contributed by atoms with Crippen LogP contribution in [0, 0.1) is 0 Å². The molecule has 0 unspecified atom stereocenters. The van der Waals surface area contributed by atoms with Crippen LogP contribution in [0.3, 0.4) is 0 Å². The highest BCUT2D eigenvalue weighted by atomic mass is 32.2. The number of sulfonamides is 1. The van der Waals surface area contributed by atoms with Crippen molar-refractivity contribution in [2.24, 2.45) is 0 Å². The van der Waals surface area contributed by atoms with Crippen molar-refractivity contribution in [3.05, 3.63) is 65.2 Å². The van der Waals surface area contributed by atoms with Crippen LogP contribution in [-0.4, -0.2) is 52.6 Å². The number of amides is 1. The fourth-order valence-electron chi connectivity index (χ4n) is 2.39. The number of carbonyl (C=O) groups is 2. The maximum Gasteiger partial charge on any atom is 0.337 e. The molecule has 9 heteroatoms. The maximum atomic E-state index is 12.3. The summed E-state index contributed by atoms with van der Waals surface area (Å²) in [4.78, 5) is 28.4. The van der Waals surface area contributed by atoms with Crippen molar-refractivity contribution in [2.45, 2.75) is 11.3 Å². The van der Waals surface area contributed by atoms with Gasteiger partial charge in [0.25, 0.3) is 15.9 Å². The molecule has 0 aliphatic heterocycles. The van der Waals surface area contributed by atoms with Crippen molar-refractivity contribution in [3.8, 4) is 0 Å². The minimum absolute atomic E-state index is 0.0390. The number of hydrogen-bond acceptors (Lipinski definition) is 6. The molecular formula is C19H22N2O6S. The average Bonchev–Trinajstić information content (AvgIpc) is 2.72. The molecule has 0 saturated carbocycles. The van der Waals surface area contributed by atoms with Gasteiger partial charge in [-0.25, -0.2) is 13.2 Å². The molecule has 150 valence electrons. The molecule has 0 fully saturated rings. The topological polar surface area (TPSA) is 102 Å². The second-order valence-electron chi connectivity index (χ2n) is 5.82. The molecule has 2 aromatic rings. The minimum Gasteiger partial charge on any atom is -0.465 e. The van der Waals surface area contributed by atoms with E-state index in [2.05, 4.69) is 10.1 Å². The monoisotopic (exact) mass is 406 g/mol. The van der Waals surface area contributed by atoms with Gasteiger partial charge < -0.3 is 10.1 Å². The van der Waals surface area contributed by atoms with Crippen LogP contribution in [0.5, 0.6) is 0 Å². The van der Waals surface area contributed by atoms with E-state index in [4.69, 9.17) is 4.84 Å². The molecular weight excluding hydrogens is 384 g/mol. The lowest BCUT2D eigenvalue weighted by Gasteiger charge is -2.14. The Bertz CT molecular complexity index is 941. The lowest BCUT2D eigenvalue weighted by Crippen LogP contribution is -2.27. The Morgan fingerprint density at radius 2 is 1.71 bits per heavy atom. The van der Waals surface area contributed by atoms with Gasteiger partial charge in [0, 0.05) is 19.2 Å². The Morgan fingerprint density at radius 3 is 2.32 bits per heavy atom. The van der Waals surface area contributed by atoms with Crippen LogP contribution < -0.4 is 5.32 Å². The van der Waals surface area contributed by atoms with E-state index in [1.54, 1.807) is 24.3 Å². The summed E-state index contributed by atoms with van der Waals surface area (Å²) in [5.74, 6) is -0.794. The molecule has 0 radical (unpaired) electrons. The number of nitrogens with zero attached hydrogens (tertiary/aromatic N) is 1. The van der Waals surface area contributed by atoms with Crippen molar-refractivity contribution >= 4 is 21.9 Å². The van der Waals surface area contributed by atoms with Crippen LogP contribution in [-0.2, 0) is 26.0 Å². The van der Waals surface area contributed by atoms with E-state index >= 15 is 0 Å². The summed E-state index contributed by atoms with van der Waals surface area (Å²) in [5, 5.41) is 2.75. The molecule has 0 aliphatic carbocycles. The van der Waals surface area contributed by atoms with Gasteiger partial charge in [-0.3, -0.25) is 9.63 Å². The van der Waals surface area contributed by atoms with Crippen LogP contribution in [0.2, 0.25) is 0 Å². The predicted molar refractivity (Wildman–Crippen MR) is 102 cm³/mol. The van der Waals surface area contributed by atoms with Gasteiger partial charge in [-0.1, -0.05) is 22.7 Å². The number of methoxy groups -OCH3 is 1. The zero-order chi connectivity index (χ0) is 20.7. The van der Waals surface area contributed by atoms with E-state index in [1.807, 2.05) is 0 Å². The first-order chi connectivity index (χ1) is 13.3. The Labute approximate surface area is 164 Å². The van der Waals surface area contributed by atoms with E-state index < -0.39 is 16.0 Å². The Hall–Kier alpha value is -2.75. The summed E-state index contributed by atoms with van der Waals surface area (Å²) >= 11 is 0. The first kappa shape index (κ1) is 21.5. The summed E-state index contributed by atoms with van der Waals surface area (Å²) in [6.45, 7) is 0.353. The first-order valence-electron chi connectivity index (χ1n) is 8.38. The van der Waals surface area contributed by atoms with Crippen LogP contribution in [0.15, 0.2) is 53.4 Å². The van der Waals surface area contributed by atoms with Gasteiger partial charge in [0.2, 0.25) is 0 Å². The van der Waals surface area contributed by atoms with Crippen molar-refractivity contribution in [1.29, 1.82) is 0 Å². The van der Waals surface area contributed by atoms with Crippen molar-refractivity contribution < 1.29 is 27.6 Å².